The molecule has 4 aromatic rings. The molecule has 2 aromatic carbocycles. The third kappa shape index (κ3) is 3.89. The molecule has 0 aliphatic carbocycles. The minimum atomic E-state index is -0.532. The number of nitrogens with zero attached hydrogens (tertiary/aromatic N) is 3. The fourth-order valence-corrected chi connectivity index (χ4v) is 4.87. The molecule has 1 fully saturated rings. The summed E-state index contributed by atoms with van der Waals surface area (Å²) >= 11 is 0. The van der Waals surface area contributed by atoms with E-state index in [1.807, 2.05) is 50.2 Å². The second kappa shape index (κ2) is 8.41. The van der Waals surface area contributed by atoms with Gasteiger partial charge in [0.2, 0.25) is 0 Å². The summed E-state index contributed by atoms with van der Waals surface area (Å²) in [4.78, 5) is 30.2. The standard InChI is InChI=1S/C26H27N5O2/c1-17(2)24(32)26(11-13-27-16-26)15-23-29-30-25(33)31(23)21-9-7-18(8-10-21)20-6-5-19-4-3-12-28-22(19)14-20/h3-10,12,14,17,27H,11,13,15-16H2,1-2H3,(H,30,33)/t26-/m0/s1. The normalized spacial score (nSPS) is 18.3. The molecule has 1 aliphatic rings. The number of Topliss-reactive ketones (excluding diaryl/α,β-unsaturated/α-hetero) is 1. The molecule has 0 amide bonds. The van der Waals surface area contributed by atoms with E-state index in [-0.39, 0.29) is 17.4 Å². The molecule has 168 valence electrons. The molecule has 1 saturated heterocycles. The Bertz CT molecular complexity index is 1360. The van der Waals surface area contributed by atoms with Gasteiger partial charge in [0.15, 0.2) is 0 Å². The Morgan fingerprint density at radius 1 is 1.12 bits per heavy atom. The lowest BCUT2D eigenvalue weighted by molar-refractivity contribution is -0.131. The molecule has 0 bridgehead atoms. The highest BCUT2D eigenvalue weighted by atomic mass is 16.2. The van der Waals surface area contributed by atoms with Crippen LogP contribution in [0.3, 0.4) is 0 Å². The number of aromatic amines is 1. The lowest BCUT2D eigenvalue weighted by Crippen LogP contribution is -2.39. The van der Waals surface area contributed by atoms with Crippen molar-refractivity contribution >= 4 is 16.7 Å². The minimum absolute atomic E-state index is 0.0697. The maximum absolute atomic E-state index is 13.1. The Balaban J connectivity index is 1.47. The van der Waals surface area contributed by atoms with Gasteiger partial charge in [0.1, 0.15) is 11.6 Å². The molecular weight excluding hydrogens is 414 g/mol. The van der Waals surface area contributed by atoms with Gasteiger partial charge in [-0.2, -0.15) is 5.10 Å². The highest BCUT2D eigenvalue weighted by Crippen LogP contribution is 2.34. The monoisotopic (exact) mass is 441 g/mol. The third-order valence-corrected chi connectivity index (χ3v) is 6.59. The Labute approximate surface area is 191 Å². The maximum Gasteiger partial charge on any atom is 0.347 e. The van der Waals surface area contributed by atoms with Crippen molar-refractivity contribution in [2.75, 3.05) is 13.1 Å². The molecule has 2 N–H and O–H groups in total. The molecule has 0 radical (unpaired) electrons. The van der Waals surface area contributed by atoms with E-state index in [0.717, 1.165) is 40.7 Å². The first-order valence-electron chi connectivity index (χ1n) is 11.3. The van der Waals surface area contributed by atoms with Gasteiger partial charge in [-0.3, -0.25) is 9.78 Å². The highest BCUT2D eigenvalue weighted by molar-refractivity contribution is 5.87. The number of ketones is 1. The number of benzene rings is 2. The smallest absolute Gasteiger partial charge is 0.316 e. The van der Waals surface area contributed by atoms with Crippen LogP contribution in [0.15, 0.2) is 65.6 Å². The van der Waals surface area contributed by atoms with Crippen LogP contribution in [0.5, 0.6) is 0 Å². The summed E-state index contributed by atoms with van der Waals surface area (Å²) in [6.45, 7) is 5.27. The maximum atomic E-state index is 13.1. The fraction of sp³-hybridized carbons (Fsp3) is 0.308. The molecule has 2 aromatic heterocycles. The Morgan fingerprint density at radius 2 is 1.91 bits per heavy atom. The average molecular weight is 442 g/mol. The van der Waals surface area contributed by atoms with Crippen LogP contribution in [0.2, 0.25) is 0 Å². The van der Waals surface area contributed by atoms with Crippen LogP contribution in [0.1, 0.15) is 26.1 Å². The number of carbonyl (C=O) groups is 1. The molecule has 0 saturated carbocycles. The SMILES string of the molecule is CC(C)C(=O)[C@]1(Cc2n[nH]c(=O)n2-c2ccc(-c3ccc4cccnc4c3)cc2)CCNC1. The lowest BCUT2D eigenvalue weighted by Gasteiger charge is -2.28. The van der Waals surface area contributed by atoms with Gasteiger partial charge in [0, 0.05) is 35.9 Å². The average Bonchev–Trinajstić information content (AvgIpc) is 3.45. The first kappa shape index (κ1) is 21.3. The van der Waals surface area contributed by atoms with Crippen molar-refractivity contribution in [3.8, 4) is 16.8 Å². The molecule has 1 aliphatic heterocycles. The van der Waals surface area contributed by atoms with Crippen molar-refractivity contribution in [3.05, 3.63) is 77.1 Å². The highest BCUT2D eigenvalue weighted by Gasteiger charge is 2.43. The van der Waals surface area contributed by atoms with E-state index in [0.29, 0.717) is 18.8 Å². The summed E-state index contributed by atoms with van der Waals surface area (Å²) in [5, 5.41) is 11.3. The van der Waals surface area contributed by atoms with Crippen molar-refractivity contribution in [2.45, 2.75) is 26.7 Å². The molecular formula is C26H27N5O2. The van der Waals surface area contributed by atoms with E-state index >= 15 is 0 Å². The van der Waals surface area contributed by atoms with Crippen molar-refractivity contribution in [3.63, 3.8) is 0 Å². The lowest BCUT2D eigenvalue weighted by atomic mass is 9.75. The number of nitrogens with one attached hydrogen (secondary N) is 2. The molecule has 7 nitrogen and oxygen atoms in total. The zero-order valence-electron chi connectivity index (χ0n) is 18.8. The van der Waals surface area contributed by atoms with E-state index in [9.17, 15) is 9.59 Å². The zero-order valence-corrected chi connectivity index (χ0v) is 18.8. The third-order valence-electron chi connectivity index (χ3n) is 6.59. The van der Waals surface area contributed by atoms with Crippen LogP contribution in [-0.2, 0) is 11.2 Å². The molecule has 3 heterocycles. The van der Waals surface area contributed by atoms with Crippen molar-refractivity contribution < 1.29 is 4.79 Å². The van der Waals surface area contributed by atoms with E-state index in [2.05, 4.69) is 38.7 Å². The van der Waals surface area contributed by atoms with Crippen LogP contribution in [0.25, 0.3) is 27.7 Å². The van der Waals surface area contributed by atoms with Gasteiger partial charge in [-0.1, -0.05) is 44.2 Å². The second-order valence-electron chi connectivity index (χ2n) is 9.14. The van der Waals surface area contributed by atoms with Crippen LogP contribution >= 0.6 is 0 Å². The van der Waals surface area contributed by atoms with Crippen molar-refractivity contribution in [1.29, 1.82) is 0 Å². The number of fused-ring (bicyclic) bond motifs is 1. The zero-order chi connectivity index (χ0) is 23.0. The van der Waals surface area contributed by atoms with Crippen LogP contribution in [0, 0.1) is 11.3 Å². The number of pyridine rings is 1. The summed E-state index contributed by atoms with van der Waals surface area (Å²) in [5.74, 6) is 0.731. The predicted molar refractivity (Wildman–Crippen MR) is 128 cm³/mol. The molecule has 0 unspecified atom stereocenters. The van der Waals surface area contributed by atoms with Gasteiger partial charge < -0.3 is 5.32 Å². The number of carbonyl (C=O) groups excluding carboxylic acids is 1. The van der Waals surface area contributed by atoms with E-state index in [4.69, 9.17) is 0 Å². The van der Waals surface area contributed by atoms with Gasteiger partial charge in [0.25, 0.3) is 0 Å². The molecule has 1 atom stereocenters. The number of hydrogen-bond donors (Lipinski definition) is 2. The van der Waals surface area contributed by atoms with Crippen molar-refractivity contribution in [1.82, 2.24) is 25.1 Å². The van der Waals surface area contributed by atoms with E-state index < -0.39 is 5.41 Å². The summed E-state index contributed by atoms with van der Waals surface area (Å²) < 4.78 is 1.58. The second-order valence-corrected chi connectivity index (χ2v) is 9.14. The van der Waals surface area contributed by atoms with Gasteiger partial charge >= 0.3 is 5.69 Å². The summed E-state index contributed by atoms with van der Waals surface area (Å²) in [6.07, 6.45) is 2.96. The van der Waals surface area contributed by atoms with Gasteiger partial charge in [0.05, 0.1) is 11.2 Å². The van der Waals surface area contributed by atoms with Gasteiger partial charge in [-0.05, 0) is 48.4 Å². The largest absolute Gasteiger partial charge is 0.347 e. The molecule has 5 rings (SSSR count). The fourth-order valence-electron chi connectivity index (χ4n) is 4.87. The Kier molecular flexibility index (Phi) is 5.42. The minimum Gasteiger partial charge on any atom is -0.316 e. The summed E-state index contributed by atoms with van der Waals surface area (Å²) in [5.41, 5.74) is 2.94. The molecule has 0 spiro atoms. The Hall–Kier alpha value is -3.58. The van der Waals surface area contributed by atoms with Crippen LogP contribution in [-0.4, -0.2) is 38.6 Å². The first-order valence-corrected chi connectivity index (χ1v) is 11.3. The van der Waals surface area contributed by atoms with Crippen LogP contribution in [0.4, 0.5) is 0 Å². The van der Waals surface area contributed by atoms with Crippen molar-refractivity contribution in [2.24, 2.45) is 11.3 Å². The summed E-state index contributed by atoms with van der Waals surface area (Å²) in [7, 11) is 0. The number of H-pyrrole nitrogens is 1. The Morgan fingerprint density at radius 3 is 2.64 bits per heavy atom. The predicted octanol–water partition coefficient (Wildman–Crippen LogP) is 3.52. The molecule has 33 heavy (non-hydrogen) atoms. The number of hydrogen-bond acceptors (Lipinski definition) is 5. The van der Waals surface area contributed by atoms with Gasteiger partial charge in [-0.15, -0.1) is 0 Å². The quantitative estimate of drug-likeness (QED) is 0.478. The van der Waals surface area contributed by atoms with E-state index in [1.54, 1.807) is 10.8 Å². The first-order chi connectivity index (χ1) is 16.0. The number of aromatic nitrogens is 4. The summed E-state index contributed by atoms with van der Waals surface area (Å²) in [6, 6.07) is 18.0. The van der Waals surface area contributed by atoms with Crippen LogP contribution < -0.4 is 11.0 Å². The van der Waals surface area contributed by atoms with Gasteiger partial charge in [-0.25, -0.2) is 14.5 Å². The molecule has 7 heteroatoms. The van der Waals surface area contributed by atoms with E-state index in [1.165, 1.54) is 0 Å². The topological polar surface area (TPSA) is 92.7 Å². The number of rotatable bonds is 6.